The Labute approximate surface area is 188 Å². The molecule has 176 valence electrons. The topological polar surface area (TPSA) is 158 Å². The Bertz CT molecular complexity index is 1050. The molecule has 0 aliphatic carbocycles. The second kappa shape index (κ2) is 10.3. The molecule has 12 nitrogen and oxygen atoms in total. The number of nitro groups is 1. The molecule has 2 aromatic rings. The van der Waals surface area contributed by atoms with Crippen molar-refractivity contribution < 1.29 is 38.0 Å². The summed E-state index contributed by atoms with van der Waals surface area (Å²) in [5.74, 6) is -0.555. The van der Waals surface area contributed by atoms with Crippen molar-refractivity contribution in [1.82, 2.24) is 9.99 Å². The van der Waals surface area contributed by atoms with Crippen LogP contribution in [0, 0.1) is 10.1 Å². The minimum atomic E-state index is -4.21. The van der Waals surface area contributed by atoms with E-state index in [0.717, 1.165) is 4.90 Å². The highest BCUT2D eigenvalue weighted by Gasteiger charge is 2.36. The molecule has 2 N–H and O–H groups in total. The van der Waals surface area contributed by atoms with Gasteiger partial charge in [0.25, 0.3) is 5.69 Å². The highest BCUT2D eigenvalue weighted by molar-refractivity contribution is 7.52. The number of nitrogens with zero attached hydrogens (tertiary/aromatic N) is 2. The Morgan fingerprint density at radius 1 is 1.15 bits per heavy atom. The Balaban J connectivity index is 1.71. The Kier molecular flexibility index (Phi) is 7.52. The number of nitrogens with one attached hydrogen (secondary N) is 1. The Morgan fingerprint density at radius 3 is 2.30 bits per heavy atom. The van der Waals surface area contributed by atoms with E-state index in [1.54, 1.807) is 18.2 Å². The number of carboxylic acid groups (broad SMARTS) is 1. The summed E-state index contributed by atoms with van der Waals surface area (Å²) >= 11 is 0. The van der Waals surface area contributed by atoms with E-state index in [1.165, 1.54) is 43.3 Å². The number of ether oxygens (including phenoxy) is 1. The lowest BCUT2D eigenvalue weighted by Crippen LogP contribution is -2.38. The average molecular weight is 479 g/mol. The molecule has 1 aliphatic heterocycles. The third kappa shape index (κ3) is 6.67. The van der Waals surface area contributed by atoms with Crippen molar-refractivity contribution in [2.45, 2.75) is 25.5 Å². The minimum Gasteiger partial charge on any atom is -0.465 e. The zero-order valence-electron chi connectivity index (χ0n) is 17.5. The van der Waals surface area contributed by atoms with Gasteiger partial charge in [0, 0.05) is 25.1 Å². The van der Waals surface area contributed by atoms with E-state index < -0.39 is 36.9 Å². The van der Waals surface area contributed by atoms with Gasteiger partial charge in [0.1, 0.15) is 23.6 Å². The van der Waals surface area contributed by atoms with Crippen molar-refractivity contribution in [1.29, 1.82) is 0 Å². The fourth-order valence-electron chi connectivity index (χ4n) is 3.01. The van der Waals surface area contributed by atoms with Gasteiger partial charge in [0.2, 0.25) is 0 Å². The van der Waals surface area contributed by atoms with Gasteiger partial charge in [-0.05, 0) is 31.2 Å². The molecule has 1 amide bonds. The van der Waals surface area contributed by atoms with Crippen LogP contribution >= 0.6 is 7.75 Å². The monoisotopic (exact) mass is 479 g/mol. The summed E-state index contributed by atoms with van der Waals surface area (Å²) in [5, 5.41) is 22.4. The Hall–Kier alpha value is -3.63. The van der Waals surface area contributed by atoms with Gasteiger partial charge in [0.05, 0.1) is 11.5 Å². The van der Waals surface area contributed by atoms with Gasteiger partial charge in [-0.25, -0.2) is 9.36 Å². The third-order valence-corrected chi connectivity index (χ3v) is 6.25. The maximum atomic E-state index is 13.5. The van der Waals surface area contributed by atoms with Gasteiger partial charge in [-0.1, -0.05) is 18.2 Å². The zero-order chi connectivity index (χ0) is 24.0. The number of carbonyl (C=O) groups is 2. The lowest BCUT2D eigenvalue weighted by Gasteiger charge is -2.24. The number of likely N-dealkylation sites (tertiary alicyclic amines) is 1. The largest absolute Gasteiger partial charge is 0.513 e. The fourth-order valence-corrected chi connectivity index (χ4v) is 4.53. The summed E-state index contributed by atoms with van der Waals surface area (Å²) in [6, 6.07) is 11.8. The van der Waals surface area contributed by atoms with Crippen molar-refractivity contribution in [3.63, 3.8) is 0 Å². The van der Waals surface area contributed by atoms with Gasteiger partial charge in [-0.2, -0.15) is 5.09 Å². The summed E-state index contributed by atoms with van der Waals surface area (Å²) in [6.07, 6.45) is -1.37. The number of benzene rings is 2. The molecular weight excluding hydrogens is 457 g/mol. The number of nitro benzene ring substituents is 1. The molecule has 0 aromatic heterocycles. The molecule has 1 saturated heterocycles. The molecule has 13 heteroatoms. The number of rotatable bonds is 9. The van der Waals surface area contributed by atoms with Crippen LogP contribution < -0.4 is 14.1 Å². The molecule has 0 radical (unpaired) electrons. The average Bonchev–Trinajstić information content (AvgIpc) is 3.23. The quantitative estimate of drug-likeness (QED) is 0.236. The van der Waals surface area contributed by atoms with E-state index in [9.17, 15) is 24.3 Å². The molecule has 0 saturated carbocycles. The lowest BCUT2D eigenvalue weighted by molar-refractivity contribution is -0.384. The van der Waals surface area contributed by atoms with E-state index in [-0.39, 0.29) is 30.3 Å². The normalized spacial score (nSPS) is 18.1. The van der Waals surface area contributed by atoms with Crippen LogP contribution in [-0.4, -0.2) is 52.2 Å². The number of hydrogen-bond donors (Lipinski definition) is 2. The SMILES string of the molecule is C[C@H](NP(=O)(Oc1ccccc1)Oc1ccc([N+](=O)[O-])cc1)C(=O)O[C@@H]1CCN(C(=O)O)C1. The molecule has 2 aromatic carbocycles. The maximum absolute atomic E-state index is 13.5. The second-order valence-corrected chi connectivity index (χ2v) is 8.79. The standard InChI is InChI=1S/C20H22N3O9P/c1-14(19(24)30-18-11-12-22(13-18)20(25)26)21-33(29,31-16-5-3-2-4-6-16)32-17-9-7-15(8-10-17)23(27)28/h2-10,14,18H,11-13H2,1H3,(H,21,29)(H,25,26)/t14-,18+,33?/m0/s1. The number of carbonyl (C=O) groups excluding carboxylic acids is 1. The van der Waals surface area contributed by atoms with Crippen LogP contribution in [0.2, 0.25) is 0 Å². The number of amides is 1. The van der Waals surface area contributed by atoms with E-state index in [1.807, 2.05) is 0 Å². The predicted octanol–water partition coefficient (Wildman–Crippen LogP) is 3.43. The molecule has 33 heavy (non-hydrogen) atoms. The zero-order valence-corrected chi connectivity index (χ0v) is 18.4. The van der Waals surface area contributed by atoms with Crippen molar-refractivity contribution in [3.05, 3.63) is 64.7 Å². The van der Waals surface area contributed by atoms with Crippen LogP contribution in [0.25, 0.3) is 0 Å². The minimum absolute atomic E-state index is 0.0147. The molecular formula is C20H22N3O9P. The summed E-state index contributed by atoms with van der Waals surface area (Å²) in [6.45, 7) is 1.69. The van der Waals surface area contributed by atoms with Gasteiger partial charge < -0.3 is 23.8 Å². The number of para-hydroxylation sites is 1. The van der Waals surface area contributed by atoms with E-state index in [2.05, 4.69) is 5.09 Å². The van der Waals surface area contributed by atoms with Crippen LogP contribution in [0.15, 0.2) is 54.6 Å². The van der Waals surface area contributed by atoms with E-state index in [4.69, 9.17) is 18.9 Å². The van der Waals surface area contributed by atoms with Crippen molar-refractivity contribution in [2.24, 2.45) is 0 Å². The van der Waals surface area contributed by atoms with Crippen molar-refractivity contribution in [2.75, 3.05) is 13.1 Å². The van der Waals surface area contributed by atoms with Crippen LogP contribution in [0.1, 0.15) is 13.3 Å². The maximum Gasteiger partial charge on any atom is 0.513 e. The molecule has 3 rings (SSSR count). The first-order chi connectivity index (χ1) is 15.6. The van der Waals surface area contributed by atoms with E-state index >= 15 is 0 Å². The van der Waals surface area contributed by atoms with E-state index in [0.29, 0.717) is 6.42 Å². The third-order valence-electron chi connectivity index (χ3n) is 4.65. The first-order valence-electron chi connectivity index (χ1n) is 9.90. The molecule has 0 spiro atoms. The van der Waals surface area contributed by atoms with Crippen LogP contribution in [0.3, 0.4) is 0 Å². The molecule has 1 unspecified atom stereocenters. The molecule has 1 aliphatic rings. The molecule has 0 bridgehead atoms. The summed E-state index contributed by atoms with van der Waals surface area (Å²) in [7, 11) is -4.21. The number of hydrogen-bond acceptors (Lipinski definition) is 8. The number of non-ortho nitro benzene ring substituents is 1. The van der Waals surface area contributed by atoms with Gasteiger partial charge in [-0.15, -0.1) is 0 Å². The van der Waals surface area contributed by atoms with Gasteiger partial charge in [-0.3, -0.25) is 14.9 Å². The summed E-state index contributed by atoms with van der Waals surface area (Å²) in [5.41, 5.74) is -0.182. The van der Waals surface area contributed by atoms with Crippen LogP contribution in [0.4, 0.5) is 10.5 Å². The van der Waals surface area contributed by atoms with Crippen LogP contribution in [-0.2, 0) is 14.1 Å². The van der Waals surface area contributed by atoms with Crippen molar-refractivity contribution in [3.8, 4) is 11.5 Å². The predicted molar refractivity (Wildman–Crippen MR) is 115 cm³/mol. The first-order valence-corrected chi connectivity index (χ1v) is 11.4. The summed E-state index contributed by atoms with van der Waals surface area (Å²) in [4.78, 5) is 34.9. The Morgan fingerprint density at radius 2 is 1.76 bits per heavy atom. The highest BCUT2D eigenvalue weighted by Crippen LogP contribution is 2.45. The first kappa shape index (κ1) is 24.0. The fraction of sp³-hybridized carbons (Fsp3) is 0.300. The van der Waals surface area contributed by atoms with Crippen molar-refractivity contribution >= 4 is 25.5 Å². The van der Waals surface area contributed by atoms with Crippen LogP contribution in [0.5, 0.6) is 11.5 Å². The second-order valence-electron chi connectivity index (χ2n) is 7.17. The van der Waals surface area contributed by atoms with Gasteiger partial charge in [0.15, 0.2) is 0 Å². The lowest BCUT2D eigenvalue weighted by atomic mass is 10.3. The number of esters is 1. The smallest absolute Gasteiger partial charge is 0.465 e. The summed E-state index contributed by atoms with van der Waals surface area (Å²) < 4.78 is 29.8. The molecule has 1 fully saturated rings. The molecule has 1 heterocycles. The molecule has 3 atom stereocenters. The highest BCUT2D eigenvalue weighted by atomic mass is 31.2. The van der Waals surface area contributed by atoms with Gasteiger partial charge >= 0.3 is 19.8 Å².